The second kappa shape index (κ2) is 6.44. The lowest BCUT2D eigenvalue weighted by atomic mass is 9.99. The van der Waals surface area contributed by atoms with Crippen LogP contribution in [0.3, 0.4) is 0 Å². The van der Waals surface area contributed by atoms with E-state index in [0.717, 1.165) is 0 Å². The molecule has 1 N–H and O–H groups in total. The van der Waals surface area contributed by atoms with Crippen molar-refractivity contribution in [3.8, 4) is 0 Å². The molecule has 1 unspecified atom stereocenters. The van der Waals surface area contributed by atoms with Gasteiger partial charge in [0, 0.05) is 6.54 Å². The predicted molar refractivity (Wildman–Crippen MR) is 73.5 cm³/mol. The van der Waals surface area contributed by atoms with Crippen molar-refractivity contribution in [1.82, 2.24) is 5.32 Å². The summed E-state index contributed by atoms with van der Waals surface area (Å²) in [4.78, 5) is 0. The summed E-state index contributed by atoms with van der Waals surface area (Å²) in [5.74, 6) is -4.87. The van der Waals surface area contributed by atoms with Crippen LogP contribution in [-0.2, 0) is 6.54 Å². The molecule has 0 saturated carbocycles. The van der Waals surface area contributed by atoms with Gasteiger partial charge in [0.2, 0.25) is 0 Å². The fourth-order valence-corrected chi connectivity index (χ4v) is 2.08. The minimum atomic E-state index is -5.63. The minimum Gasteiger partial charge on any atom is -0.301 e. The van der Waals surface area contributed by atoms with Crippen LogP contribution in [0.5, 0.6) is 0 Å². The van der Waals surface area contributed by atoms with Crippen molar-refractivity contribution < 1.29 is 22.0 Å². The average Bonchev–Trinajstić information content (AvgIpc) is 2.48. The molecule has 0 saturated heterocycles. The van der Waals surface area contributed by atoms with E-state index in [1.807, 2.05) is 0 Å². The molecule has 0 fully saturated rings. The summed E-state index contributed by atoms with van der Waals surface area (Å²) in [7, 11) is 0. The van der Waals surface area contributed by atoms with E-state index in [4.69, 9.17) is 0 Å². The zero-order chi connectivity index (χ0) is 16.2. The molecule has 2 aromatic carbocycles. The second-order valence-electron chi connectivity index (χ2n) is 4.83. The van der Waals surface area contributed by atoms with Crippen LogP contribution in [0.2, 0.25) is 0 Å². The summed E-state index contributed by atoms with van der Waals surface area (Å²) in [5.41, 5.74) is 0.516. The number of hydrogen-bond acceptors (Lipinski definition) is 1. The summed E-state index contributed by atoms with van der Waals surface area (Å²) in [6, 6.07) is 13.2. The fourth-order valence-electron chi connectivity index (χ4n) is 2.08. The Labute approximate surface area is 124 Å². The number of halogens is 5. The molecule has 0 aliphatic rings. The third-order valence-corrected chi connectivity index (χ3v) is 3.23. The van der Waals surface area contributed by atoms with Gasteiger partial charge in [-0.3, -0.25) is 0 Å². The molecule has 0 spiro atoms. The Balaban J connectivity index is 2.27. The van der Waals surface area contributed by atoms with Crippen LogP contribution in [0.4, 0.5) is 22.0 Å². The smallest absolute Gasteiger partial charge is 0.301 e. The maximum Gasteiger partial charge on any atom is 0.455 e. The van der Waals surface area contributed by atoms with Crippen molar-refractivity contribution in [1.29, 1.82) is 0 Å². The first-order valence-corrected chi connectivity index (χ1v) is 6.59. The Hall–Kier alpha value is -1.95. The zero-order valence-electron chi connectivity index (χ0n) is 11.4. The Morgan fingerprint density at radius 1 is 0.773 bits per heavy atom. The van der Waals surface area contributed by atoms with Gasteiger partial charge in [-0.15, -0.1) is 0 Å². The monoisotopic (exact) mass is 315 g/mol. The molecule has 0 bridgehead atoms. The van der Waals surface area contributed by atoms with Crippen LogP contribution in [0.1, 0.15) is 17.2 Å². The third-order valence-electron chi connectivity index (χ3n) is 3.23. The van der Waals surface area contributed by atoms with Gasteiger partial charge in [0.1, 0.15) is 6.04 Å². The van der Waals surface area contributed by atoms with E-state index < -0.39 is 18.1 Å². The van der Waals surface area contributed by atoms with Crippen LogP contribution < -0.4 is 5.32 Å². The van der Waals surface area contributed by atoms with Crippen molar-refractivity contribution in [2.45, 2.75) is 24.7 Å². The molecule has 118 valence electrons. The first-order chi connectivity index (χ1) is 10.3. The van der Waals surface area contributed by atoms with Crippen LogP contribution in [0.15, 0.2) is 60.7 Å². The molecule has 2 rings (SSSR count). The molecule has 22 heavy (non-hydrogen) atoms. The lowest BCUT2D eigenvalue weighted by molar-refractivity contribution is -0.294. The average molecular weight is 315 g/mol. The van der Waals surface area contributed by atoms with Gasteiger partial charge in [0.05, 0.1) is 0 Å². The molecule has 0 aliphatic heterocycles. The summed E-state index contributed by atoms with van der Waals surface area (Å²) in [6.07, 6.45) is -5.63. The summed E-state index contributed by atoms with van der Waals surface area (Å²) < 4.78 is 65.7. The van der Waals surface area contributed by atoms with E-state index in [2.05, 4.69) is 5.32 Å². The third kappa shape index (κ3) is 3.62. The number of nitrogens with one attached hydrogen (secondary N) is 1. The highest BCUT2D eigenvalue weighted by molar-refractivity contribution is 5.23. The normalized spacial score (nSPS) is 13.9. The van der Waals surface area contributed by atoms with Crippen molar-refractivity contribution in [3.05, 3.63) is 71.8 Å². The molecule has 0 aliphatic carbocycles. The number of rotatable bonds is 5. The van der Waals surface area contributed by atoms with Gasteiger partial charge in [-0.2, -0.15) is 22.0 Å². The standard InChI is InChI=1S/C16H14F5N/c17-15(18,16(19,20)21)14(13-9-5-2-6-10-13)22-11-12-7-3-1-4-8-12/h1-10,14,22H,11H2. The van der Waals surface area contributed by atoms with Crippen LogP contribution in [0, 0.1) is 0 Å². The van der Waals surface area contributed by atoms with E-state index in [1.165, 1.54) is 24.3 Å². The minimum absolute atomic E-state index is 0.0912. The molecule has 0 radical (unpaired) electrons. The van der Waals surface area contributed by atoms with Gasteiger partial charge < -0.3 is 5.32 Å². The highest BCUT2D eigenvalue weighted by Crippen LogP contribution is 2.44. The van der Waals surface area contributed by atoms with E-state index in [1.54, 1.807) is 36.4 Å². The molecule has 1 atom stereocenters. The van der Waals surface area contributed by atoms with E-state index in [9.17, 15) is 22.0 Å². The molecule has 0 aromatic heterocycles. The molecule has 2 aromatic rings. The maximum absolute atomic E-state index is 13.8. The zero-order valence-corrected chi connectivity index (χ0v) is 11.4. The van der Waals surface area contributed by atoms with Gasteiger partial charge in [0.15, 0.2) is 0 Å². The fraction of sp³-hybridized carbons (Fsp3) is 0.250. The Bertz CT molecular complexity index is 580. The van der Waals surface area contributed by atoms with Crippen molar-refractivity contribution in [2.24, 2.45) is 0 Å². The number of hydrogen-bond donors (Lipinski definition) is 1. The molecule has 6 heteroatoms. The Kier molecular flexibility index (Phi) is 4.81. The van der Waals surface area contributed by atoms with Gasteiger partial charge in [-0.05, 0) is 11.1 Å². The van der Waals surface area contributed by atoms with Crippen LogP contribution >= 0.6 is 0 Å². The summed E-state index contributed by atoms with van der Waals surface area (Å²) >= 11 is 0. The van der Waals surface area contributed by atoms with Crippen molar-refractivity contribution in [3.63, 3.8) is 0 Å². The highest BCUT2D eigenvalue weighted by atomic mass is 19.4. The lowest BCUT2D eigenvalue weighted by Gasteiger charge is -2.30. The Morgan fingerprint density at radius 3 is 1.77 bits per heavy atom. The van der Waals surface area contributed by atoms with Gasteiger partial charge in [0.25, 0.3) is 0 Å². The molecule has 1 nitrogen and oxygen atoms in total. The topological polar surface area (TPSA) is 12.0 Å². The lowest BCUT2D eigenvalue weighted by Crippen LogP contribution is -2.47. The van der Waals surface area contributed by atoms with Crippen molar-refractivity contribution >= 4 is 0 Å². The Morgan fingerprint density at radius 2 is 1.27 bits per heavy atom. The molecular formula is C16H14F5N. The van der Waals surface area contributed by atoms with Gasteiger partial charge in [-0.25, -0.2) is 0 Å². The van der Waals surface area contributed by atoms with Gasteiger partial charge in [-0.1, -0.05) is 60.7 Å². The predicted octanol–water partition coefficient (Wildman–Crippen LogP) is 4.72. The van der Waals surface area contributed by atoms with Crippen LogP contribution in [0.25, 0.3) is 0 Å². The number of alkyl halides is 5. The first kappa shape index (κ1) is 16.4. The second-order valence-corrected chi connectivity index (χ2v) is 4.83. The molecule has 0 amide bonds. The van der Waals surface area contributed by atoms with E-state index >= 15 is 0 Å². The van der Waals surface area contributed by atoms with E-state index in [-0.39, 0.29) is 12.1 Å². The summed E-state index contributed by atoms with van der Waals surface area (Å²) in [5, 5.41) is 2.33. The molecular weight excluding hydrogens is 301 g/mol. The SMILES string of the molecule is FC(F)(F)C(F)(F)C(NCc1ccccc1)c1ccccc1. The number of benzene rings is 2. The van der Waals surface area contributed by atoms with Crippen LogP contribution in [-0.4, -0.2) is 12.1 Å². The molecule has 0 heterocycles. The largest absolute Gasteiger partial charge is 0.455 e. The summed E-state index contributed by atoms with van der Waals surface area (Å²) in [6.45, 7) is -0.0912. The van der Waals surface area contributed by atoms with Gasteiger partial charge >= 0.3 is 12.1 Å². The highest BCUT2D eigenvalue weighted by Gasteiger charge is 2.62. The van der Waals surface area contributed by atoms with E-state index in [0.29, 0.717) is 5.56 Å². The quantitative estimate of drug-likeness (QED) is 0.788. The van der Waals surface area contributed by atoms with Crippen molar-refractivity contribution in [2.75, 3.05) is 0 Å². The maximum atomic E-state index is 13.8. The first-order valence-electron chi connectivity index (χ1n) is 6.59.